The van der Waals surface area contributed by atoms with E-state index in [2.05, 4.69) is 12.1 Å². The van der Waals surface area contributed by atoms with Gasteiger partial charge in [-0.3, -0.25) is 4.79 Å². The maximum Gasteiger partial charge on any atom is 0.150 e. The molecule has 0 heterocycles. The third-order valence-electron chi connectivity index (χ3n) is 2.56. The first-order valence-corrected chi connectivity index (χ1v) is 6.61. The highest BCUT2D eigenvalue weighted by atomic mass is 32.2. The van der Waals surface area contributed by atoms with E-state index in [1.54, 1.807) is 18.9 Å². The number of hydrogen-bond donors (Lipinski definition) is 0. The van der Waals surface area contributed by atoms with Crippen molar-refractivity contribution in [3.05, 3.63) is 59.7 Å². The summed E-state index contributed by atoms with van der Waals surface area (Å²) in [4.78, 5) is 11.8. The molecular weight excluding hydrogens is 244 g/mol. The molecule has 3 heteroatoms. The largest absolute Gasteiger partial charge is 0.497 e. The number of rotatable bonds is 5. The summed E-state index contributed by atoms with van der Waals surface area (Å²) in [5.74, 6) is 1.75. The van der Waals surface area contributed by atoms with Gasteiger partial charge in [-0.2, -0.15) is 0 Å². The van der Waals surface area contributed by atoms with E-state index in [1.807, 2.05) is 36.4 Å². The molecule has 0 atom stereocenters. The number of carbonyl (C=O) groups is 1. The maximum atomic E-state index is 10.7. The Labute approximate surface area is 111 Å². The summed E-state index contributed by atoms with van der Waals surface area (Å²) in [5, 5.41) is 0. The summed E-state index contributed by atoms with van der Waals surface area (Å²) in [6.07, 6.45) is 0.872. The molecule has 0 saturated carbocycles. The number of methoxy groups -OCH3 is 1. The van der Waals surface area contributed by atoms with E-state index in [0.29, 0.717) is 0 Å². The molecule has 0 spiro atoms. The van der Waals surface area contributed by atoms with Crippen molar-refractivity contribution in [3.63, 3.8) is 0 Å². The van der Waals surface area contributed by atoms with E-state index in [4.69, 9.17) is 4.74 Å². The van der Waals surface area contributed by atoms with Gasteiger partial charge >= 0.3 is 0 Å². The highest BCUT2D eigenvalue weighted by molar-refractivity contribution is 7.98. The zero-order chi connectivity index (χ0) is 12.8. The first-order chi connectivity index (χ1) is 8.81. The second-order valence-electron chi connectivity index (χ2n) is 3.83. The molecule has 2 aromatic rings. The summed E-state index contributed by atoms with van der Waals surface area (Å²) in [7, 11) is 1.66. The first-order valence-electron chi connectivity index (χ1n) is 5.63. The van der Waals surface area contributed by atoms with Crippen LogP contribution in [0.15, 0.2) is 53.4 Å². The summed E-state index contributed by atoms with van der Waals surface area (Å²) in [5.41, 5.74) is 1.95. The normalized spacial score (nSPS) is 10.1. The van der Waals surface area contributed by atoms with E-state index in [-0.39, 0.29) is 0 Å². The van der Waals surface area contributed by atoms with Gasteiger partial charge in [0.05, 0.1) is 7.11 Å². The van der Waals surface area contributed by atoms with Crippen LogP contribution in [0.2, 0.25) is 0 Å². The van der Waals surface area contributed by atoms with Gasteiger partial charge in [-0.1, -0.05) is 24.3 Å². The van der Waals surface area contributed by atoms with Gasteiger partial charge in [0.1, 0.15) is 12.0 Å². The fourth-order valence-corrected chi connectivity index (χ4v) is 2.49. The van der Waals surface area contributed by atoms with Gasteiger partial charge < -0.3 is 4.74 Å². The molecule has 0 amide bonds. The third kappa shape index (κ3) is 3.37. The van der Waals surface area contributed by atoms with Crippen LogP contribution in [0.5, 0.6) is 5.75 Å². The van der Waals surface area contributed by atoms with Crippen LogP contribution in [0.4, 0.5) is 0 Å². The van der Waals surface area contributed by atoms with Gasteiger partial charge in [0, 0.05) is 16.2 Å². The number of hydrogen-bond acceptors (Lipinski definition) is 3. The summed E-state index contributed by atoms with van der Waals surface area (Å²) >= 11 is 1.72. The first kappa shape index (κ1) is 12.7. The number of aldehydes is 1. The average molecular weight is 258 g/mol. The lowest BCUT2D eigenvalue weighted by Crippen LogP contribution is -1.85. The molecule has 2 aromatic carbocycles. The standard InChI is InChI=1S/C15H14O2S/c1-17-14-7-5-12(6-8-14)11-18-15-4-2-3-13(9-15)10-16/h2-10H,11H2,1H3. The van der Waals surface area contributed by atoms with Gasteiger partial charge in [-0.25, -0.2) is 0 Å². The van der Waals surface area contributed by atoms with Crippen molar-refractivity contribution >= 4 is 18.0 Å². The molecule has 0 aliphatic heterocycles. The second-order valence-corrected chi connectivity index (χ2v) is 4.88. The summed E-state index contributed by atoms with van der Waals surface area (Å²) in [6, 6.07) is 15.6. The average Bonchev–Trinajstić information content (AvgIpc) is 2.46. The Morgan fingerprint density at radius 3 is 2.61 bits per heavy atom. The van der Waals surface area contributed by atoms with Crippen molar-refractivity contribution in [2.24, 2.45) is 0 Å². The van der Waals surface area contributed by atoms with Crippen molar-refractivity contribution < 1.29 is 9.53 Å². The van der Waals surface area contributed by atoms with E-state index >= 15 is 0 Å². The van der Waals surface area contributed by atoms with Gasteiger partial charge in [0.25, 0.3) is 0 Å². The van der Waals surface area contributed by atoms with Gasteiger partial charge in [-0.05, 0) is 29.8 Å². The van der Waals surface area contributed by atoms with Gasteiger partial charge in [-0.15, -0.1) is 11.8 Å². The zero-order valence-electron chi connectivity index (χ0n) is 10.1. The highest BCUT2D eigenvalue weighted by Gasteiger charge is 1.98. The SMILES string of the molecule is COc1ccc(CSc2cccc(C=O)c2)cc1. The molecule has 0 bridgehead atoms. The molecule has 0 aliphatic carbocycles. The van der Waals surface area contributed by atoms with E-state index < -0.39 is 0 Å². The number of ether oxygens (including phenoxy) is 1. The van der Waals surface area contributed by atoms with Gasteiger partial charge in [0.15, 0.2) is 0 Å². The van der Waals surface area contributed by atoms with Crippen LogP contribution in [-0.4, -0.2) is 13.4 Å². The summed E-state index contributed by atoms with van der Waals surface area (Å²) < 4.78 is 5.12. The molecule has 92 valence electrons. The highest BCUT2D eigenvalue weighted by Crippen LogP contribution is 2.24. The molecule has 0 N–H and O–H groups in total. The fraction of sp³-hybridized carbons (Fsp3) is 0.133. The monoisotopic (exact) mass is 258 g/mol. The molecule has 0 radical (unpaired) electrons. The van der Waals surface area contributed by atoms with Crippen molar-refractivity contribution in [1.82, 2.24) is 0 Å². The van der Waals surface area contributed by atoms with Crippen molar-refractivity contribution in [1.29, 1.82) is 0 Å². The van der Waals surface area contributed by atoms with Gasteiger partial charge in [0.2, 0.25) is 0 Å². The molecule has 0 unspecified atom stereocenters. The maximum absolute atomic E-state index is 10.7. The smallest absolute Gasteiger partial charge is 0.150 e. The van der Waals surface area contributed by atoms with E-state index in [1.165, 1.54) is 5.56 Å². The number of carbonyl (C=O) groups excluding carboxylic acids is 1. The van der Waals surface area contributed by atoms with E-state index in [0.717, 1.165) is 28.2 Å². The van der Waals surface area contributed by atoms with Crippen molar-refractivity contribution in [2.45, 2.75) is 10.6 Å². The minimum absolute atomic E-state index is 0.717. The van der Waals surface area contributed by atoms with E-state index in [9.17, 15) is 4.79 Å². The molecule has 0 saturated heterocycles. The Morgan fingerprint density at radius 2 is 1.94 bits per heavy atom. The van der Waals surface area contributed by atoms with Crippen LogP contribution >= 0.6 is 11.8 Å². The second kappa shape index (κ2) is 6.26. The lowest BCUT2D eigenvalue weighted by atomic mass is 10.2. The van der Waals surface area contributed by atoms with Crippen LogP contribution in [0.1, 0.15) is 15.9 Å². The van der Waals surface area contributed by atoms with Crippen LogP contribution in [0.3, 0.4) is 0 Å². The summed E-state index contributed by atoms with van der Waals surface area (Å²) in [6.45, 7) is 0. The Hall–Kier alpha value is -1.74. The Morgan fingerprint density at radius 1 is 1.17 bits per heavy atom. The van der Waals surface area contributed by atoms with Crippen LogP contribution in [-0.2, 0) is 5.75 Å². The molecule has 2 rings (SSSR count). The van der Waals surface area contributed by atoms with Crippen LogP contribution in [0, 0.1) is 0 Å². The van der Waals surface area contributed by atoms with Crippen molar-refractivity contribution in [2.75, 3.05) is 7.11 Å². The lowest BCUT2D eigenvalue weighted by molar-refractivity contribution is 0.112. The van der Waals surface area contributed by atoms with Crippen LogP contribution in [0.25, 0.3) is 0 Å². The minimum atomic E-state index is 0.717. The number of thioether (sulfide) groups is 1. The topological polar surface area (TPSA) is 26.3 Å². The Kier molecular flexibility index (Phi) is 4.42. The Balaban J connectivity index is 1.99. The Bertz CT molecular complexity index is 520. The number of benzene rings is 2. The quantitative estimate of drug-likeness (QED) is 0.602. The fourth-order valence-electron chi connectivity index (χ4n) is 1.57. The lowest BCUT2D eigenvalue weighted by Gasteiger charge is -2.04. The molecule has 2 nitrogen and oxygen atoms in total. The predicted molar refractivity (Wildman–Crippen MR) is 74.4 cm³/mol. The van der Waals surface area contributed by atoms with Crippen LogP contribution < -0.4 is 4.74 Å². The molecule has 0 aliphatic rings. The molecule has 0 fully saturated rings. The molecular formula is C15H14O2S. The predicted octanol–water partition coefficient (Wildman–Crippen LogP) is 3.80. The minimum Gasteiger partial charge on any atom is -0.497 e. The molecule has 0 aromatic heterocycles. The zero-order valence-corrected chi connectivity index (χ0v) is 10.9. The van der Waals surface area contributed by atoms with Crippen molar-refractivity contribution in [3.8, 4) is 5.75 Å². The third-order valence-corrected chi connectivity index (χ3v) is 3.62. The molecule has 18 heavy (non-hydrogen) atoms.